The van der Waals surface area contributed by atoms with E-state index < -0.39 is 17.6 Å². The fourth-order valence-corrected chi connectivity index (χ4v) is 4.82. The second-order valence-electron chi connectivity index (χ2n) is 10.0. The van der Waals surface area contributed by atoms with Gasteiger partial charge in [0.05, 0.1) is 11.3 Å². The van der Waals surface area contributed by atoms with Gasteiger partial charge in [0, 0.05) is 56.3 Å². The summed E-state index contributed by atoms with van der Waals surface area (Å²) in [6.45, 7) is 3.20. The first kappa shape index (κ1) is 27.4. The molecule has 0 aliphatic carbocycles. The van der Waals surface area contributed by atoms with Crippen LogP contribution in [0.25, 0.3) is 11.4 Å². The van der Waals surface area contributed by atoms with Gasteiger partial charge in [-0.3, -0.25) is 9.59 Å². The molecule has 40 heavy (non-hydrogen) atoms. The summed E-state index contributed by atoms with van der Waals surface area (Å²) in [5.74, 6) is -0.00967. The number of rotatable bonds is 7. The molecule has 0 spiro atoms. The topological polar surface area (TPSA) is 114 Å². The number of hydrogen-bond donors (Lipinski definition) is 2. The van der Waals surface area contributed by atoms with Gasteiger partial charge in [0.25, 0.3) is 5.91 Å². The number of halogens is 3. The van der Waals surface area contributed by atoms with Crippen molar-refractivity contribution in [1.29, 1.82) is 0 Å². The SMILES string of the molecule is CN1CCN(c2cc(C(F)(F)F)ccc2Oc2ccc(-c3nc(C[C@H]4CCNC4=O)cc(C(N)=O)n3)cc2)CC1. The maximum Gasteiger partial charge on any atom is 0.416 e. The zero-order valence-corrected chi connectivity index (χ0v) is 21.9. The van der Waals surface area contributed by atoms with E-state index in [0.717, 1.165) is 25.2 Å². The molecule has 0 radical (unpaired) electrons. The average molecular weight is 555 g/mol. The lowest BCUT2D eigenvalue weighted by molar-refractivity contribution is -0.137. The Morgan fingerprint density at radius 1 is 1.07 bits per heavy atom. The van der Waals surface area contributed by atoms with E-state index in [1.54, 1.807) is 24.3 Å². The zero-order valence-electron chi connectivity index (χ0n) is 21.9. The third-order valence-electron chi connectivity index (χ3n) is 7.12. The Kier molecular flexibility index (Phi) is 7.61. The summed E-state index contributed by atoms with van der Waals surface area (Å²) >= 11 is 0. The number of piperazine rings is 1. The van der Waals surface area contributed by atoms with Crippen LogP contribution in [0.2, 0.25) is 0 Å². The Bertz CT molecular complexity index is 1410. The van der Waals surface area contributed by atoms with Crippen molar-refractivity contribution in [2.24, 2.45) is 11.7 Å². The van der Waals surface area contributed by atoms with Gasteiger partial charge in [0.15, 0.2) is 11.6 Å². The van der Waals surface area contributed by atoms with Gasteiger partial charge >= 0.3 is 6.18 Å². The fourth-order valence-electron chi connectivity index (χ4n) is 4.82. The minimum absolute atomic E-state index is 0.0419. The molecule has 3 aromatic rings. The summed E-state index contributed by atoms with van der Waals surface area (Å²) in [6, 6.07) is 11.7. The quantitative estimate of drug-likeness (QED) is 0.460. The predicted octanol–water partition coefficient (Wildman–Crippen LogP) is 3.48. The number of nitrogens with one attached hydrogen (secondary N) is 1. The number of nitrogens with zero attached hydrogens (tertiary/aromatic N) is 4. The van der Waals surface area contributed by atoms with Crippen molar-refractivity contribution in [2.45, 2.75) is 19.0 Å². The Labute approximate surface area is 229 Å². The van der Waals surface area contributed by atoms with Crippen molar-refractivity contribution in [1.82, 2.24) is 20.2 Å². The number of hydrogen-bond acceptors (Lipinski definition) is 7. The van der Waals surface area contributed by atoms with Crippen molar-refractivity contribution < 1.29 is 27.5 Å². The van der Waals surface area contributed by atoms with E-state index in [4.69, 9.17) is 10.5 Å². The molecule has 0 unspecified atom stereocenters. The summed E-state index contributed by atoms with van der Waals surface area (Å²) in [5.41, 5.74) is 6.29. The van der Waals surface area contributed by atoms with Crippen LogP contribution in [-0.4, -0.2) is 66.5 Å². The number of anilines is 1. The molecule has 2 amide bonds. The third-order valence-corrected chi connectivity index (χ3v) is 7.12. The van der Waals surface area contributed by atoms with Crippen LogP contribution in [0.3, 0.4) is 0 Å². The molecule has 2 aliphatic heterocycles. The number of nitrogens with two attached hydrogens (primary N) is 1. The van der Waals surface area contributed by atoms with E-state index in [-0.39, 0.29) is 23.3 Å². The predicted molar refractivity (Wildman–Crippen MR) is 142 cm³/mol. The molecule has 12 heteroatoms. The number of aromatic nitrogens is 2. The molecule has 0 saturated carbocycles. The second-order valence-corrected chi connectivity index (χ2v) is 10.0. The number of amides is 2. The van der Waals surface area contributed by atoms with Gasteiger partial charge in [-0.2, -0.15) is 13.2 Å². The maximum absolute atomic E-state index is 13.5. The standard InChI is InChI=1S/C28H29F3N6O3/c1-36-10-12-37(13-11-36)23-15-19(28(29,30)31)4-7-24(23)40-21-5-2-17(3-6-21)26-34-20(16-22(35-26)25(32)38)14-18-8-9-33-27(18)39/h2-7,15-16,18H,8-14H2,1H3,(H2,32,38)(H,33,39)/t18-/m1/s1. The van der Waals surface area contributed by atoms with E-state index in [1.165, 1.54) is 12.1 Å². The highest BCUT2D eigenvalue weighted by molar-refractivity contribution is 5.91. The van der Waals surface area contributed by atoms with Gasteiger partial charge in [0.2, 0.25) is 5.91 Å². The van der Waals surface area contributed by atoms with Crippen molar-refractivity contribution in [3.8, 4) is 22.9 Å². The smallest absolute Gasteiger partial charge is 0.416 e. The molecule has 2 aliphatic rings. The van der Waals surface area contributed by atoms with Gasteiger partial charge in [-0.05, 0) is 62.0 Å². The molecule has 210 valence electrons. The van der Waals surface area contributed by atoms with E-state index in [2.05, 4.69) is 20.2 Å². The Morgan fingerprint density at radius 3 is 2.42 bits per heavy atom. The van der Waals surface area contributed by atoms with Gasteiger partial charge in [0.1, 0.15) is 11.4 Å². The van der Waals surface area contributed by atoms with Gasteiger partial charge in [-0.1, -0.05) is 0 Å². The number of benzene rings is 2. The molecule has 0 bridgehead atoms. The monoisotopic (exact) mass is 554 g/mol. The third kappa shape index (κ3) is 6.17. The van der Waals surface area contributed by atoms with E-state index >= 15 is 0 Å². The van der Waals surface area contributed by atoms with Crippen LogP contribution in [0.1, 0.15) is 28.2 Å². The van der Waals surface area contributed by atoms with Crippen LogP contribution < -0.4 is 20.7 Å². The highest BCUT2D eigenvalue weighted by Gasteiger charge is 2.32. The lowest BCUT2D eigenvalue weighted by Gasteiger charge is -2.35. The van der Waals surface area contributed by atoms with Crippen LogP contribution in [0.4, 0.5) is 18.9 Å². The Morgan fingerprint density at radius 2 is 1.80 bits per heavy atom. The first-order valence-corrected chi connectivity index (χ1v) is 13.0. The summed E-state index contributed by atoms with van der Waals surface area (Å²) < 4.78 is 46.5. The van der Waals surface area contributed by atoms with Gasteiger partial charge in [-0.25, -0.2) is 9.97 Å². The normalized spacial score (nSPS) is 18.1. The van der Waals surface area contributed by atoms with Crippen LogP contribution >= 0.6 is 0 Å². The number of alkyl halides is 3. The highest BCUT2D eigenvalue weighted by atomic mass is 19.4. The van der Waals surface area contributed by atoms with Crippen molar-refractivity contribution >= 4 is 17.5 Å². The number of carbonyl (C=O) groups is 2. The number of likely N-dealkylation sites (N-methyl/N-ethyl adjacent to an activating group) is 1. The molecule has 2 aromatic carbocycles. The largest absolute Gasteiger partial charge is 0.455 e. The summed E-state index contributed by atoms with van der Waals surface area (Å²) in [6.07, 6.45) is -3.44. The van der Waals surface area contributed by atoms with Crippen LogP contribution in [-0.2, 0) is 17.4 Å². The second kappa shape index (κ2) is 11.1. The average Bonchev–Trinajstić information content (AvgIpc) is 3.33. The summed E-state index contributed by atoms with van der Waals surface area (Å²) in [5, 5.41) is 2.79. The van der Waals surface area contributed by atoms with Crippen LogP contribution in [0.15, 0.2) is 48.5 Å². The lowest BCUT2D eigenvalue weighted by Crippen LogP contribution is -2.44. The molecule has 1 atom stereocenters. The van der Waals surface area contributed by atoms with Crippen molar-refractivity contribution in [3.05, 3.63) is 65.5 Å². The highest BCUT2D eigenvalue weighted by Crippen LogP contribution is 2.39. The van der Waals surface area contributed by atoms with E-state index in [0.29, 0.717) is 60.9 Å². The van der Waals surface area contributed by atoms with Crippen molar-refractivity contribution in [2.75, 3.05) is 44.7 Å². The molecular formula is C28H29F3N6O3. The number of primary amides is 1. The summed E-state index contributed by atoms with van der Waals surface area (Å²) in [4.78, 5) is 36.8. The number of ether oxygens (including phenoxy) is 1. The van der Waals surface area contributed by atoms with E-state index in [9.17, 15) is 22.8 Å². The van der Waals surface area contributed by atoms with Crippen molar-refractivity contribution in [3.63, 3.8) is 0 Å². The fraction of sp³-hybridized carbons (Fsp3) is 0.357. The molecule has 9 nitrogen and oxygen atoms in total. The minimum Gasteiger partial charge on any atom is -0.455 e. The molecule has 3 N–H and O–H groups in total. The molecular weight excluding hydrogens is 525 g/mol. The molecule has 3 heterocycles. The summed E-state index contributed by atoms with van der Waals surface area (Å²) in [7, 11) is 1.97. The first-order valence-electron chi connectivity index (χ1n) is 13.0. The molecule has 1 aromatic heterocycles. The Hall–Kier alpha value is -4.19. The first-order chi connectivity index (χ1) is 19.1. The van der Waals surface area contributed by atoms with Crippen LogP contribution in [0, 0.1) is 5.92 Å². The minimum atomic E-state index is -4.47. The molecule has 2 saturated heterocycles. The van der Waals surface area contributed by atoms with Crippen LogP contribution in [0.5, 0.6) is 11.5 Å². The molecule has 5 rings (SSSR count). The van der Waals surface area contributed by atoms with Gasteiger partial charge in [-0.15, -0.1) is 0 Å². The lowest BCUT2D eigenvalue weighted by atomic mass is 10.0. The zero-order chi connectivity index (χ0) is 28.4. The van der Waals surface area contributed by atoms with E-state index in [1.807, 2.05) is 11.9 Å². The number of carbonyl (C=O) groups excluding carboxylic acids is 2. The van der Waals surface area contributed by atoms with Gasteiger partial charge < -0.3 is 25.6 Å². The Balaban J connectivity index is 1.40. The molecule has 2 fully saturated rings. The maximum atomic E-state index is 13.5.